The Morgan fingerprint density at radius 1 is 1.17 bits per heavy atom. The number of hydrogen-bond donors (Lipinski definition) is 2. The lowest BCUT2D eigenvalue weighted by Gasteiger charge is -2.30. The number of nitrogens with zero attached hydrogens (tertiary/aromatic N) is 1. The summed E-state index contributed by atoms with van der Waals surface area (Å²) in [6, 6.07) is 14.9. The van der Waals surface area contributed by atoms with Crippen LogP contribution in [-0.4, -0.2) is 28.4 Å². The van der Waals surface area contributed by atoms with Crippen molar-refractivity contribution in [3.8, 4) is 0 Å². The van der Waals surface area contributed by atoms with Gasteiger partial charge in [-0.3, -0.25) is 9.69 Å². The Hall–Kier alpha value is -2.85. The van der Waals surface area contributed by atoms with Crippen LogP contribution in [0.5, 0.6) is 0 Å². The number of aromatic amines is 1. The number of nitrogens with two attached hydrogens (primary N) is 1. The first-order valence-electron chi connectivity index (χ1n) is 10.5. The van der Waals surface area contributed by atoms with Crippen LogP contribution in [0.1, 0.15) is 53.2 Å². The molecule has 29 heavy (non-hydrogen) atoms. The second kappa shape index (κ2) is 8.66. The molecule has 0 bridgehead atoms. The molecular formula is C25H29N3O. The molecule has 3 N–H and O–H groups in total. The highest BCUT2D eigenvalue weighted by molar-refractivity contribution is 5.92. The summed E-state index contributed by atoms with van der Waals surface area (Å²) < 4.78 is 0. The number of allylic oxidation sites excluding steroid dienone is 1. The number of H-pyrrole nitrogens is 1. The van der Waals surface area contributed by atoms with Crippen LogP contribution in [0, 0.1) is 0 Å². The molecule has 4 heteroatoms. The quantitative estimate of drug-likeness (QED) is 0.573. The molecule has 0 saturated carbocycles. The standard InChI is InChI=1S/C25H29N3O/c1-2-28(22-6-4-3-5-7-22)17-19-10-13-24-23(15-19)21(16-27-24)14-18-8-11-20(12-9-18)25(26)29/h4,6,8-13,15-16,22,27H,2-3,5,7,14,17H2,1H3,(H2,26,29). The van der Waals surface area contributed by atoms with Gasteiger partial charge in [-0.2, -0.15) is 0 Å². The zero-order valence-corrected chi connectivity index (χ0v) is 17.0. The highest BCUT2D eigenvalue weighted by atomic mass is 16.1. The van der Waals surface area contributed by atoms with Crippen molar-refractivity contribution in [3.05, 3.63) is 83.1 Å². The fourth-order valence-corrected chi connectivity index (χ4v) is 4.27. The molecule has 0 radical (unpaired) electrons. The average molecular weight is 388 g/mol. The van der Waals surface area contributed by atoms with Gasteiger partial charge in [0.1, 0.15) is 0 Å². The maximum Gasteiger partial charge on any atom is 0.248 e. The van der Waals surface area contributed by atoms with Crippen LogP contribution in [-0.2, 0) is 13.0 Å². The number of carbonyl (C=O) groups excluding carboxylic acids is 1. The fraction of sp³-hybridized carbons (Fsp3) is 0.320. The topological polar surface area (TPSA) is 62.1 Å². The lowest BCUT2D eigenvalue weighted by atomic mass is 9.99. The number of carbonyl (C=O) groups is 1. The predicted molar refractivity (Wildman–Crippen MR) is 119 cm³/mol. The molecule has 4 nitrogen and oxygen atoms in total. The second-order valence-corrected chi connectivity index (χ2v) is 7.92. The maximum atomic E-state index is 11.3. The summed E-state index contributed by atoms with van der Waals surface area (Å²) in [5.74, 6) is -0.387. The van der Waals surface area contributed by atoms with Crippen molar-refractivity contribution in [2.75, 3.05) is 6.54 Å². The smallest absolute Gasteiger partial charge is 0.248 e. The maximum absolute atomic E-state index is 11.3. The third kappa shape index (κ3) is 4.43. The second-order valence-electron chi connectivity index (χ2n) is 7.92. The molecule has 3 aromatic rings. The summed E-state index contributed by atoms with van der Waals surface area (Å²) in [5, 5.41) is 1.27. The lowest BCUT2D eigenvalue weighted by molar-refractivity contribution is 0.100. The molecular weight excluding hydrogens is 358 g/mol. The zero-order chi connectivity index (χ0) is 20.2. The monoisotopic (exact) mass is 387 g/mol. The van der Waals surface area contributed by atoms with E-state index in [2.05, 4.69) is 53.4 Å². The molecule has 1 amide bonds. The predicted octanol–water partition coefficient (Wildman–Crippen LogP) is 4.79. The number of likely N-dealkylation sites (N-methyl/N-ethyl adjacent to an activating group) is 1. The molecule has 1 heterocycles. The number of aromatic nitrogens is 1. The van der Waals surface area contributed by atoms with Gasteiger partial charge < -0.3 is 10.7 Å². The molecule has 4 rings (SSSR count). The third-order valence-corrected chi connectivity index (χ3v) is 5.95. The third-order valence-electron chi connectivity index (χ3n) is 5.95. The van der Waals surface area contributed by atoms with Gasteiger partial charge in [0.25, 0.3) is 0 Å². The van der Waals surface area contributed by atoms with E-state index in [1.807, 2.05) is 12.1 Å². The Kier molecular flexibility index (Phi) is 5.81. The van der Waals surface area contributed by atoms with Crippen LogP contribution in [0.4, 0.5) is 0 Å². The molecule has 0 saturated heterocycles. The lowest BCUT2D eigenvalue weighted by Crippen LogP contribution is -2.34. The molecule has 0 aliphatic heterocycles. The van der Waals surface area contributed by atoms with Gasteiger partial charge in [-0.25, -0.2) is 0 Å². The largest absolute Gasteiger partial charge is 0.366 e. The van der Waals surface area contributed by atoms with Crippen LogP contribution in [0.2, 0.25) is 0 Å². The number of benzene rings is 2. The SMILES string of the molecule is CCN(Cc1ccc2[nH]cc(Cc3ccc(C(N)=O)cc3)c2c1)C1C=CCCC1. The van der Waals surface area contributed by atoms with Crippen LogP contribution in [0.25, 0.3) is 10.9 Å². The minimum atomic E-state index is -0.387. The number of hydrogen-bond acceptors (Lipinski definition) is 2. The number of rotatable bonds is 7. The summed E-state index contributed by atoms with van der Waals surface area (Å²) in [6.45, 7) is 4.27. The first kappa shape index (κ1) is 19.5. The van der Waals surface area contributed by atoms with Crippen molar-refractivity contribution < 1.29 is 4.79 Å². The molecule has 1 aliphatic carbocycles. The number of amides is 1. The molecule has 150 valence electrons. The average Bonchev–Trinajstić information content (AvgIpc) is 3.15. The summed E-state index contributed by atoms with van der Waals surface area (Å²) in [7, 11) is 0. The van der Waals surface area contributed by atoms with E-state index in [-0.39, 0.29) is 5.91 Å². The van der Waals surface area contributed by atoms with Crippen molar-refractivity contribution >= 4 is 16.8 Å². The first-order chi connectivity index (χ1) is 14.1. The molecule has 2 aromatic carbocycles. The van der Waals surface area contributed by atoms with Crippen molar-refractivity contribution in [3.63, 3.8) is 0 Å². The summed E-state index contributed by atoms with van der Waals surface area (Å²) in [4.78, 5) is 17.2. The normalized spacial score (nSPS) is 16.6. The highest BCUT2D eigenvalue weighted by Gasteiger charge is 2.17. The molecule has 0 fully saturated rings. The van der Waals surface area contributed by atoms with Crippen LogP contribution >= 0.6 is 0 Å². The Morgan fingerprint density at radius 2 is 1.97 bits per heavy atom. The van der Waals surface area contributed by atoms with Gasteiger partial charge in [0.15, 0.2) is 0 Å². The van der Waals surface area contributed by atoms with Gasteiger partial charge in [-0.1, -0.05) is 37.3 Å². The van der Waals surface area contributed by atoms with Crippen molar-refractivity contribution in [1.82, 2.24) is 9.88 Å². The van der Waals surface area contributed by atoms with E-state index in [0.29, 0.717) is 11.6 Å². The molecule has 1 aromatic heterocycles. The van der Waals surface area contributed by atoms with Gasteiger partial charge in [0, 0.05) is 35.2 Å². The fourth-order valence-electron chi connectivity index (χ4n) is 4.27. The van der Waals surface area contributed by atoms with E-state index in [1.54, 1.807) is 12.1 Å². The van der Waals surface area contributed by atoms with Crippen LogP contribution < -0.4 is 5.73 Å². The van der Waals surface area contributed by atoms with Gasteiger partial charge in [0.2, 0.25) is 5.91 Å². The Bertz CT molecular complexity index is 1020. The van der Waals surface area contributed by atoms with E-state index in [0.717, 1.165) is 25.0 Å². The van der Waals surface area contributed by atoms with Crippen LogP contribution in [0.3, 0.4) is 0 Å². The van der Waals surface area contributed by atoms with Gasteiger partial charge in [-0.05, 0) is 73.2 Å². The highest BCUT2D eigenvalue weighted by Crippen LogP contribution is 2.25. The van der Waals surface area contributed by atoms with E-state index in [1.165, 1.54) is 41.3 Å². The minimum absolute atomic E-state index is 0.387. The molecule has 1 atom stereocenters. The summed E-state index contributed by atoms with van der Waals surface area (Å²) in [5.41, 5.74) is 10.8. The van der Waals surface area contributed by atoms with Crippen molar-refractivity contribution in [1.29, 1.82) is 0 Å². The Morgan fingerprint density at radius 3 is 2.66 bits per heavy atom. The number of primary amides is 1. The molecule has 1 unspecified atom stereocenters. The van der Waals surface area contributed by atoms with Crippen LogP contribution in [0.15, 0.2) is 60.8 Å². The Balaban J connectivity index is 1.54. The summed E-state index contributed by atoms with van der Waals surface area (Å²) >= 11 is 0. The summed E-state index contributed by atoms with van der Waals surface area (Å²) in [6.07, 6.45) is 11.4. The molecule has 1 aliphatic rings. The van der Waals surface area contributed by atoms with Gasteiger partial charge >= 0.3 is 0 Å². The van der Waals surface area contributed by atoms with E-state index < -0.39 is 0 Å². The van der Waals surface area contributed by atoms with Gasteiger partial charge in [-0.15, -0.1) is 0 Å². The zero-order valence-electron chi connectivity index (χ0n) is 17.0. The van der Waals surface area contributed by atoms with E-state index in [9.17, 15) is 4.79 Å². The van der Waals surface area contributed by atoms with E-state index in [4.69, 9.17) is 5.73 Å². The Labute approximate surface area is 172 Å². The van der Waals surface area contributed by atoms with Crippen molar-refractivity contribution in [2.24, 2.45) is 5.73 Å². The first-order valence-corrected chi connectivity index (χ1v) is 10.5. The number of fused-ring (bicyclic) bond motifs is 1. The van der Waals surface area contributed by atoms with Gasteiger partial charge in [0.05, 0.1) is 0 Å². The number of nitrogens with one attached hydrogen (secondary N) is 1. The molecule has 0 spiro atoms. The van der Waals surface area contributed by atoms with E-state index >= 15 is 0 Å². The minimum Gasteiger partial charge on any atom is -0.366 e. The van der Waals surface area contributed by atoms with Crippen molar-refractivity contribution in [2.45, 2.75) is 45.2 Å².